The maximum Gasteiger partial charge on any atom is 0.333 e. The Kier molecular flexibility index (Phi) is 5.67. The van der Waals surface area contributed by atoms with Gasteiger partial charge < -0.3 is 9.22 Å². The van der Waals surface area contributed by atoms with E-state index >= 15 is 0 Å². The number of likely N-dealkylation sites (N-methyl/N-ethyl adjacent to an activating group) is 1. The molecule has 0 bridgehead atoms. The summed E-state index contributed by atoms with van der Waals surface area (Å²) in [6, 6.07) is 0. The molecule has 0 aromatic rings. The van der Waals surface area contributed by atoms with E-state index in [-0.39, 0.29) is 12.4 Å². The van der Waals surface area contributed by atoms with Crippen LogP contribution in [0.5, 0.6) is 0 Å². The predicted molar refractivity (Wildman–Crippen MR) is 62.8 cm³/mol. The quantitative estimate of drug-likeness (QED) is 0.368. The van der Waals surface area contributed by atoms with Gasteiger partial charge in [-0.25, -0.2) is 4.79 Å². The molecule has 0 atom stereocenters. The summed E-state index contributed by atoms with van der Waals surface area (Å²) in [6.45, 7) is 9.72. The van der Waals surface area contributed by atoms with Gasteiger partial charge in [0, 0.05) is 5.57 Å². The van der Waals surface area contributed by atoms with Crippen molar-refractivity contribution in [2.24, 2.45) is 0 Å². The van der Waals surface area contributed by atoms with Gasteiger partial charge in [-0.3, -0.25) is 4.79 Å². The summed E-state index contributed by atoms with van der Waals surface area (Å²) in [4.78, 5) is 22.3. The average molecular weight is 226 g/mol. The molecule has 0 amide bonds. The molecular weight excluding hydrogens is 206 g/mol. The summed E-state index contributed by atoms with van der Waals surface area (Å²) in [5.74, 6) is -0.411. The van der Waals surface area contributed by atoms with Crippen molar-refractivity contribution >= 4 is 11.8 Å². The zero-order chi connectivity index (χ0) is 12.8. The van der Waals surface area contributed by atoms with E-state index in [0.717, 1.165) is 0 Å². The first kappa shape index (κ1) is 14.6. The standard InChI is InChI=1S/C12H20NO3/c1-6-11(14)9-13(4,5)7-8-16-12(15)10(2)3/h6H,1-2,7-9H2,3-5H3/q+1. The number of rotatable bonds is 7. The Labute approximate surface area is 96.8 Å². The summed E-state index contributed by atoms with van der Waals surface area (Å²) >= 11 is 0. The average Bonchev–Trinajstić information content (AvgIpc) is 2.16. The second-order valence-electron chi connectivity index (χ2n) is 4.40. The molecule has 4 nitrogen and oxygen atoms in total. The van der Waals surface area contributed by atoms with Gasteiger partial charge in [0.05, 0.1) is 14.1 Å². The lowest BCUT2D eigenvalue weighted by atomic mass is 10.3. The van der Waals surface area contributed by atoms with E-state index in [4.69, 9.17) is 4.74 Å². The number of nitrogens with zero attached hydrogens (tertiary/aromatic N) is 1. The number of carbonyl (C=O) groups is 2. The van der Waals surface area contributed by atoms with Gasteiger partial charge in [-0.15, -0.1) is 0 Å². The van der Waals surface area contributed by atoms with Crippen molar-refractivity contribution in [2.45, 2.75) is 6.92 Å². The number of esters is 1. The highest BCUT2D eigenvalue weighted by atomic mass is 16.5. The van der Waals surface area contributed by atoms with Gasteiger partial charge in [-0.2, -0.15) is 0 Å². The summed E-state index contributed by atoms with van der Waals surface area (Å²) in [5.41, 5.74) is 0.382. The summed E-state index contributed by atoms with van der Waals surface area (Å²) < 4.78 is 5.43. The van der Waals surface area contributed by atoms with Crippen molar-refractivity contribution < 1.29 is 18.8 Å². The van der Waals surface area contributed by atoms with Crippen molar-refractivity contribution in [3.63, 3.8) is 0 Å². The predicted octanol–water partition coefficient (Wildman–Crippen LogP) is 0.937. The van der Waals surface area contributed by atoms with Crippen molar-refractivity contribution in [1.29, 1.82) is 0 Å². The lowest BCUT2D eigenvalue weighted by Crippen LogP contribution is -2.45. The lowest BCUT2D eigenvalue weighted by Gasteiger charge is -2.28. The highest BCUT2D eigenvalue weighted by Crippen LogP contribution is 1.99. The van der Waals surface area contributed by atoms with Gasteiger partial charge in [-0.05, 0) is 13.0 Å². The van der Waals surface area contributed by atoms with E-state index in [0.29, 0.717) is 23.1 Å². The molecule has 0 aliphatic rings. The molecule has 0 N–H and O–H groups in total. The molecule has 0 rings (SSSR count). The van der Waals surface area contributed by atoms with Gasteiger partial charge in [0.25, 0.3) is 0 Å². The largest absolute Gasteiger partial charge is 0.456 e. The third-order valence-electron chi connectivity index (χ3n) is 2.09. The van der Waals surface area contributed by atoms with Gasteiger partial charge in [-0.1, -0.05) is 13.2 Å². The highest BCUT2D eigenvalue weighted by Gasteiger charge is 2.18. The Bertz CT molecular complexity index is 305. The molecule has 0 aliphatic carbocycles. The van der Waals surface area contributed by atoms with E-state index in [1.54, 1.807) is 6.92 Å². The van der Waals surface area contributed by atoms with Crippen molar-refractivity contribution in [1.82, 2.24) is 0 Å². The van der Waals surface area contributed by atoms with Crippen LogP contribution in [0.4, 0.5) is 0 Å². The molecule has 0 heterocycles. The van der Waals surface area contributed by atoms with Crippen LogP contribution in [0.1, 0.15) is 6.92 Å². The van der Waals surface area contributed by atoms with Crippen LogP contribution in [0, 0.1) is 0 Å². The van der Waals surface area contributed by atoms with E-state index in [1.165, 1.54) is 6.08 Å². The van der Waals surface area contributed by atoms with Crippen molar-refractivity contribution in [2.75, 3.05) is 33.8 Å². The van der Waals surface area contributed by atoms with Gasteiger partial charge in [0.2, 0.25) is 5.78 Å². The topological polar surface area (TPSA) is 43.4 Å². The van der Waals surface area contributed by atoms with Crippen molar-refractivity contribution in [3.05, 3.63) is 24.8 Å². The highest BCUT2D eigenvalue weighted by molar-refractivity contribution is 5.90. The monoisotopic (exact) mass is 226 g/mol. The first-order valence-corrected chi connectivity index (χ1v) is 5.08. The Morgan fingerprint density at radius 1 is 1.38 bits per heavy atom. The molecular formula is C12H20NO3+. The number of ketones is 1. The Morgan fingerprint density at radius 3 is 2.38 bits per heavy atom. The van der Waals surface area contributed by atoms with E-state index in [1.807, 2.05) is 14.1 Å². The minimum atomic E-state index is -0.393. The Morgan fingerprint density at radius 2 is 1.94 bits per heavy atom. The van der Waals surface area contributed by atoms with Crippen LogP contribution in [0.2, 0.25) is 0 Å². The molecule has 16 heavy (non-hydrogen) atoms. The smallest absolute Gasteiger partial charge is 0.333 e. The van der Waals surface area contributed by atoms with Gasteiger partial charge in [0.1, 0.15) is 19.7 Å². The molecule has 0 aromatic heterocycles. The zero-order valence-corrected chi connectivity index (χ0v) is 10.3. The third-order valence-corrected chi connectivity index (χ3v) is 2.09. The molecule has 0 aromatic carbocycles. The minimum Gasteiger partial charge on any atom is -0.456 e. The normalized spacial score (nSPS) is 10.7. The van der Waals surface area contributed by atoms with Crippen LogP contribution in [-0.2, 0) is 14.3 Å². The maximum atomic E-state index is 11.2. The third kappa shape index (κ3) is 6.14. The molecule has 0 fully saturated rings. The number of ether oxygens (including phenoxy) is 1. The molecule has 0 aliphatic heterocycles. The number of quaternary nitrogens is 1. The van der Waals surface area contributed by atoms with Gasteiger partial charge in [0.15, 0.2) is 0 Å². The fraction of sp³-hybridized carbons (Fsp3) is 0.500. The molecule has 0 radical (unpaired) electrons. The zero-order valence-electron chi connectivity index (χ0n) is 10.3. The SMILES string of the molecule is C=CC(=O)C[N+](C)(C)CCOC(=O)C(=C)C. The molecule has 90 valence electrons. The number of hydrogen-bond donors (Lipinski definition) is 0. The van der Waals surface area contributed by atoms with E-state index in [2.05, 4.69) is 13.2 Å². The van der Waals surface area contributed by atoms with Crippen LogP contribution in [0.15, 0.2) is 24.8 Å². The van der Waals surface area contributed by atoms with E-state index < -0.39 is 5.97 Å². The Hall–Kier alpha value is -1.42. The summed E-state index contributed by atoms with van der Waals surface area (Å²) in [7, 11) is 3.80. The number of hydrogen-bond acceptors (Lipinski definition) is 3. The van der Waals surface area contributed by atoms with E-state index in [9.17, 15) is 9.59 Å². The van der Waals surface area contributed by atoms with Crippen LogP contribution in [0.3, 0.4) is 0 Å². The molecule has 0 unspecified atom stereocenters. The fourth-order valence-corrected chi connectivity index (χ4v) is 1.07. The maximum absolute atomic E-state index is 11.2. The second-order valence-corrected chi connectivity index (χ2v) is 4.40. The first-order valence-electron chi connectivity index (χ1n) is 5.08. The molecule has 0 spiro atoms. The Balaban J connectivity index is 3.99. The first-order chi connectivity index (χ1) is 7.28. The molecule has 0 saturated carbocycles. The lowest BCUT2D eigenvalue weighted by molar-refractivity contribution is -0.882. The van der Waals surface area contributed by atoms with Crippen LogP contribution in [-0.4, -0.2) is 50.0 Å². The van der Waals surface area contributed by atoms with Crippen LogP contribution < -0.4 is 0 Å². The number of carbonyl (C=O) groups excluding carboxylic acids is 2. The second kappa shape index (κ2) is 6.23. The van der Waals surface area contributed by atoms with Gasteiger partial charge >= 0.3 is 5.97 Å². The summed E-state index contributed by atoms with van der Waals surface area (Å²) in [5, 5.41) is 0. The van der Waals surface area contributed by atoms with Crippen molar-refractivity contribution in [3.8, 4) is 0 Å². The minimum absolute atomic E-state index is 0.0174. The van der Waals surface area contributed by atoms with Crippen LogP contribution >= 0.6 is 0 Å². The molecule has 4 heteroatoms. The molecule has 0 saturated heterocycles. The van der Waals surface area contributed by atoms with Crippen LogP contribution in [0.25, 0.3) is 0 Å². The summed E-state index contributed by atoms with van der Waals surface area (Å²) in [6.07, 6.45) is 1.31. The fourth-order valence-electron chi connectivity index (χ4n) is 1.07.